The third-order valence-corrected chi connectivity index (χ3v) is 5.38. The molecule has 3 aliphatic rings. The van der Waals surface area contributed by atoms with Gasteiger partial charge in [0.15, 0.2) is 0 Å². The van der Waals surface area contributed by atoms with Gasteiger partial charge in [0.05, 0.1) is 0 Å². The van der Waals surface area contributed by atoms with Gasteiger partial charge in [-0.25, -0.2) is 9.59 Å². The molecule has 1 aliphatic carbocycles. The number of amides is 1. The van der Waals surface area contributed by atoms with Crippen molar-refractivity contribution in [2.75, 3.05) is 19.6 Å². The van der Waals surface area contributed by atoms with Crippen molar-refractivity contribution in [2.45, 2.75) is 31.7 Å². The average Bonchev–Trinajstić information content (AvgIpc) is 3.36. The molecule has 4 rings (SSSR count). The number of benzene rings is 1. The van der Waals surface area contributed by atoms with Crippen LogP contribution in [0.1, 0.15) is 34.3 Å². The van der Waals surface area contributed by atoms with Gasteiger partial charge in [-0.05, 0) is 61.4 Å². The van der Waals surface area contributed by atoms with Gasteiger partial charge < -0.3 is 20.4 Å². The van der Waals surface area contributed by atoms with Crippen molar-refractivity contribution < 1.29 is 24.6 Å². The van der Waals surface area contributed by atoms with Crippen LogP contribution in [0.4, 0.5) is 0 Å². The van der Waals surface area contributed by atoms with Crippen molar-refractivity contribution in [3.05, 3.63) is 47.0 Å². The van der Waals surface area contributed by atoms with Gasteiger partial charge in [-0.1, -0.05) is 6.07 Å². The summed E-state index contributed by atoms with van der Waals surface area (Å²) in [5.41, 5.74) is 3.66. The summed E-state index contributed by atoms with van der Waals surface area (Å²) < 4.78 is 0. The van der Waals surface area contributed by atoms with Crippen LogP contribution in [0.3, 0.4) is 0 Å². The molecule has 7 nitrogen and oxygen atoms in total. The van der Waals surface area contributed by atoms with Gasteiger partial charge in [-0.2, -0.15) is 0 Å². The fourth-order valence-electron chi connectivity index (χ4n) is 4.05. The van der Waals surface area contributed by atoms with Crippen LogP contribution in [0.25, 0.3) is 0 Å². The van der Waals surface area contributed by atoms with Crippen molar-refractivity contribution in [1.82, 2.24) is 10.2 Å². The Balaban J connectivity index is 0.000000226. The number of carboxylic acid groups (broad SMARTS) is 2. The Hall–Kier alpha value is -2.67. The molecule has 2 fully saturated rings. The summed E-state index contributed by atoms with van der Waals surface area (Å²) in [6, 6.07) is 6.61. The van der Waals surface area contributed by atoms with E-state index >= 15 is 0 Å². The highest BCUT2D eigenvalue weighted by molar-refractivity contribution is 5.94. The molecule has 2 saturated heterocycles. The Morgan fingerprint density at radius 3 is 2.33 bits per heavy atom. The molecule has 0 spiro atoms. The number of hydrogen-bond donors (Lipinski definition) is 3. The summed E-state index contributed by atoms with van der Waals surface area (Å²) in [6.07, 6.45) is 5.91. The number of aryl methyl sites for hydroxylation is 2. The van der Waals surface area contributed by atoms with Crippen molar-refractivity contribution in [3.63, 3.8) is 0 Å². The molecule has 144 valence electrons. The quantitative estimate of drug-likeness (QED) is 0.688. The average molecular weight is 372 g/mol. The van der Waals surface area contributed by atoms with Crippen molar-refractivity contribution >= 4 is 17.8 Å². The number of hydrogen-bond acceptors (Lipinski definition) is 4. The predicted octanol–water partition coefficient (Wildman–Crippen LogP) is 1.32. The number of aliphatic carboxylic acids is 2. The maximum atomic E-state index is 12.3. The van der Waals surface area contributed by atoms with E-state index in [0.29, 0.717) is 24.1 Å². The molecule has 1 aromatic carbocycles. The lowest BCUT2D eigenvalue weighted by molar-refractivity contribution is -0.134. The summed E-state index contributed by atoms with van der Waals surface area (Å²) in [7, 11) is 0. The first-order valence-corrected chi connectivity index (χ1v) is 9.21. The highest BCUT2D eigenvalue weighted by Gasteiger charge is 2.38. The van der Waals surface area contributed by atoms with E-state index in [1.54, 1.807) is 0 Å². The molecule has 27 heavy (non-hydrogen) atoms. The van der Waals surface area contributed by atoms with Gasteiger partial charge in [0.2, 0.25) is 0 Å². The van der Waals surface area contributed by atoms with Crippen molar-refractivity contribution in [2.24, 2.45) is 5.92 Å². The predicted molar refractivity (Wildman–Crippen MR) is 98.7 cm³/mol. The normalized spacial score (nSPS) is 25.0. The Kier molecular flexibility index (Phi) is 5.91. The molecule has 3 atom stereocenters. The minimum absolute atomic E-state index is 0.119. The minimum Gasteiger partial charge on any atom is -0.478 e. The van der Waals surface area contributed by atoms with Crippen LogP contribution in [0.2, 0.25) is 0 Å². The lowest BCUT2D eigenvalue weighted by Gasteiger charge is -2.23. The minimum atomic E-state index is -1.26. The van der Waals surface area contributed by atoms with Gasteiger partial charge in [0.25, 0.3) is 5.91 Å². The highest BCUT2D eigenvalue weighted by Crippen LogP contribution is 2.28. The SMILES string of the molecule is O=C(NC1CN2CCC1C2)c1ccc2c(c1)CCC2.O=C(O)/C=C/C(=O)O. The number of rotatable bonds is 4. The van der Waals surface area contributed by atoms with Crippen LogP contribution in [-0.2, 0) is 22.4 Å². The number of carbonyl (C=O) groups is 3. The zero-order valence-electron chi connectivity index (χ0n) is 15.1. The summed E-state index contributed by atoms with van der Waals surface area (Å²) in [5.74, 6) is -1.72. The Morgan fingerprint density at radius 1 is 1.04 bits per heavy atom. The van der Waals surface area contributed by atoms with Crippen LogP contribution in [-0.4, -0.2) is 58.6 Å². The number of piperidine rings is 1. The smallest absolute Gasteiger partial charge is 0.328 e. The largest absolute Gasteiger partial charge is 0.478 e. The lowest BCUT2D eigenvalue weighted by atomic mass is 9.99. The maximum Gasteiger partial charge on any atom is 0.328 e. The zero-order valence-corrected chi connectivity index (χ0v) is 15.1. The number of nitrogens with zero attached hydrogens (tertiary/aromatic N) is 1. The molecule has 2 heterocycles. The van der Waals surface area contributed by atoms with E-state index in [-0.39, 0.29) is 5.91 Å². The number of carboxylic acids is 2. The summed E-state index contributed by atoms with van der Waals surface area (Å²) in [6.45, 7) is 3.44. The molecule has 0 aromatic heterocycles. The van der Waals surface area contributed by atoms with Gasteiger partial charge in [-0.3, -0.25) is 4.79 Å². The second-order valence-electron chi connectivity index (χ2n) is 7.24. The van der Waals surface area contributed by atoms with Crippen LogP contribution >= 0.6 is 0 Å². The molecule has 7 heteroatoms. The Labute approximate surface area is 157 Å². The van der Waals surface area contributed by atoms with E-state index in [1.165, 1.54) is 43.5 Å². The highest BCUT2D eigenvalue weighted by atomic mass is 16.4. The second-order valence-corrected chi connectivity index (χ2v) is 7.24. The number of carbonyl (C=O) groups excluding carboxylic acids is 1. The van der Waals surface area contributed by atoms with Crippen molar-refractivity contribution in [1.29, 1.82) is 0 Å². The fraction of sp³-hybridized carbons (Fsp3) is 0.450. The lowest BCUT2D eigenvalue weighted by Crippen LogP contribution is -2.43. The van der Waals surface area contributed by atoms with E-state index < -0.39 is 11.9 Å². The molecule has 2 aliphatic heterocycles. The molecule has 3 unspecified atom stereocenters. The van der Waals surface area contributed by atoms with E-state index in [0.717, 1.165) is 18.5 Å². The van der Waals surface area contributed by atoms with Crippen LogP contribution in [0, 0.1) is 5.92 Å². The van der Waals surface area contributed by atoms with Crippen LogP contribution in [0.5, 0.6) is 0 Å². The summed E-state index contributed by atoms with van der Waals surface area (Å²) in [5, 5.41) is 18.9. The monoisotopic (exact) mass is 372 g/mol. The molecule has 2 bridgehead atoms. The third kappa shape index (κ3) is 4.95. The van der Waals surface area contributed by atoms with E-state index in [2.05, 4.69) is 22.3 Å². The van der Waals surface area contributed by atoms with E-state index in [1.807, 2.05) is 6.07 Å². The molecule has 3 N–H and O–H groups in total. The summed E-state index contributed by atoms with van der Waals surface area (Å²) in [4.78, 5) is 33.9. The zero-order chi connectivity index (χ0) is 19.4. The molecular weight excluding hydrogens is 348 g/mol. The molecule has 1 aromatic rings. The summed E-state index contributed by atoms with van der Waals surface area (Å²) >= 11 is 0. The standard InChI is InChI=1S/C16H20N2O.C4H4O4/c19-16(17-15-10-18-7-6-14(15)9-18)13-5-4-11-2-1-3-12(11)8-13;5-3(6)1-2-4(7)8/h4-5,8,14-15H,1-3,6-7,9-10H2,(H,17,19);1-2H,(H,5,6)(H,7,8)/b;2-1+. The first kappa shape index (κ1) is 19.1. The maximum absolute atomic E-state index is 12.3. The Morgan fingerprint density at radius 2 is 1.74 bits per heavy atom. The van der Waals surface area contributed by atoms with E-state index in [4.69, 9.17) is 10.2 Å². The number of nitrogens with one attached hydrogen (secondary N) is 1. The van der Waals surface area contributed by atoms with Gasteiger partial charge in [0, 0.05) is 36.8 Å². The van der Waals surface area contributed by atoms with Gasteiger partial charge in [-0.15, -0.1) is 0 Å². The van der Waals surface area contributed by atoms with Crippen LogP contribution < -0.4 is 5.32 Å². The molecular formula is C20H24N2O5. The van der Waals surface area contributed by atoms with Gasteiger partial charge in [0.1, 0.15) is 0 Å². The third-order valence-electron chi connectivity index (χ3n) is 5.38. The molecule has 0 saturated carbocycles. The molecule has 1 amide bonds. The Bertz CT molecular complexity index is 758. The second kappa shape index (κ2) is 8.35. The van der Waals surface area contributed by atoms with Gasteiger partial charge >= 0.3 is 11.9 Å². The molecule has 0 radical (unpaired) electrons. The fourth-order valence-corrected chi connectivity index (χ4v) is 4.05. The van der Waals surface area contributed by atoms with Crippen LogP contribution in [0.15, 0.2) is 30.4 Å². The first-order valence-electron chi connectivity index (χ1n) is 9.21. The first-order chi connectivity index (χ1) is 12.9. The van der Waals surface area contributed by atoms with Crippen molar-refractivity contribution in [3.8, 4) is 0 Å². The van der Waals surface area contributed by atoms with E-state index in [9.17, 15) is 14.4 Å². The topological polar surface area (TPSA) is 107 Å². The number of fused-ring (bicyclic) bond motifs is 3.